The molecule has 1 fully saturated rings. The molecule has 0 saturated carbocycles. The minimum Gasteiger partial charge on any atom is -0.497 e. The first-order chi connectivity index (χ1) is 11.6. The first-order valence-corrected chi connectivity index (χ1v) is 9.04. The van der Waals surface area contributed by atoms with Gasteiger partial charge in [-0.15, -0.1) is 10.2 Å². The quantitative estimate of drug-likeness (QED) is 0.779. The van der Waals surface area contributed by atoms with E-state index in [1.165, 1.54) is 11.8 Å². The van der Waals surface area contributed by atoms with Gasteiger partial charge in [0, 0.05) is 19.2 Å². The molecular formula is C17H22N4O2S. The standard InChI is InChI=1S/C17H22N4O2S/c1-12-7-8-20(10-12)16(22)11-24-17-19-18-13(2)21(17)14-5-4-6-15(9-14)23-3/h4-6,9,12H,7-8,10-11H2,1-3H3. The van der Waals surface area contributed by atoms with E-state index in [9.17, 15) is 4.79 Å². The van der Waals surface area contributed by atoms with E-state index in [0.717, 1.165) is 41.9 Å². The highest BCUT2D eigenvalue weighted by atomic mass is 32.2. The summed E-state index contributed by atoms with van der Waals surface area (Å²) >= 11 is 1.43. The van der Waals surface area contributed by atoms with Crippen molar-refractivity contribution in [1.82, 2.24) is 19.7 Å². The fourth-order valence-electron chi connectivity index (χ4n) is 2.86. The van der Waals surface area contributed by atoms with Crippen LogP contribution in [-0.2, 0) is 4.79 Å². The first kappa shape index (κ1) is 16.8. The fourth-order valence-corrected chi connectivity index (χ4v) is 3.76. The summed E-state index contributed by atoms with van der Waals surface area (Å²) in [6.07, 6.45) is 1.09. The van der Waals surface area contributed by atoms with Gasteiger partial charge in [0.15, 0.2) is 5.16 Å². The largest absolute Gasteiger partial charge is 0.497 e. The highest BCUT2D eigenvalue weighted by Crippen LogP contribution is 2.25. The van der Waals surface area contributed by atoms with Gasteiger partial charge in [-0.25, -0.2) is 0 Å². The van der Waals surface area contributed by atoms with Crippen molar-refractivity contribution in [3.63, 3.8) is 0 Å². The molecule has 6 nitrogen and oxygen atoms in total. The lowest BCUT2D eigenvalue weighted by Crippen LogP contribution is -2.30. The van der Waals surface area contributed by atoms with Gasteiger partial charge < -0.3 is 9.64 Å². The molecule has 24 heavy (non-hydrogen) atoms. The molecule has 1 amide bonds. The second-order valence-electron chi connectivity index (χ2n) is 6.09. The highest BCUT2D eigenvalue weighted by Gasteiger charge is 2.24. The maximum absolute atomic E-state index is 12.3. The lowest BCUT2D eigenvalue weighted by molar-refractivity contribution is -0.127. The van der Waals surface area contributed by atoms with E-state index in [-0.39, 0.29) is 5.91 Å². The van der Waals surface area contributed by atoms with Crippen LogP contribution >= 0.6 is 11.8 Å². The fraction of sp³-hybridized carbons (Fsp3) is 0.471. The Labute approximate surface area is 146 Å². The summed E-state index contributed by atoms with van der Waals surface area (Å²) in [6, 6.07) is 7.74. The molecule has 3 rings (SSSR count). The number of carbonyl (C=O) groups excluding carboxylic acids is 1. The number of likely N-dealkylation sites (tertiary alicyclic amines) is 1. The lowest BCUT2D eigenvalue weighted by atomic mass is 10.2. The number of amides is 1. The zero-order valence-corrected chi connectivity index (χ0v) is 15.0. The zero-order valence-electron chi connectivity index (χ0n) is 14.2. The number of aromatic nitrogens is 3. The minimum atomic E-state index is 0.169. The molecule has 0 N–H and O–H groups in total. The number of nitrogens with zero attached hydrogens (tertiary/aromatic N) is 4. The molecule has 2 heterocycles. The Bertz CT molecular complexity index is 731. The van der Waals surface area contributed by atoms with Crippen LogP contribution in [0.4, 0.5) is 0 Å². The molecule has 0 aliphatic carbocycles. The van der Waals surface area contributed by atoms with E-state index in [0.29, 0.717) is 11.7 Å². The Balaban J connectivity index is 1.74. The van der Waals surface area contributed by atoms with Crippen molar-refractivity contribution in [2.45, 2.75) is 25.4 Å². The average molecular weight is 346 g/mol. The summed E-state index contributed by atoms with van der Waals surface area (Å²) in [5, 5.41) is 9.11. The summed E-state index contributed by atoms with van der Waals surface area (Å²) in [4.78, 5) is 14.3. The Morgan fingerprint density at radius 1 is 1.42 bits per heavy atom. The van der Waals surface area contributed by atoms with E-state index < -0.39 is 0 Å². The van der Waals surface area contributed by atoms with Crippen molar-refractivity contribution in [3.8, 4) is 11.4 Å². The van der Waals surface area contributed by atoms with Crippen LogP contribution < -0.4 is 4.74 Å². The van der Waals surface area contributed by atoms with Gasteiger partial charge in [-0.2, -0.15) is 0 Å². The van der Waals surface area contributed by atoms with Crippen LogP contribution in [0.25, 0.3) is 5.69 Å². The normalized spacial score (nSPS) is 17.3. The Morgan fingerprint density at radius 2 is 2.25 bits per heavy atom. The first-order valence-electron chi connectivity index (χ1n) is 8.05. The molecular weight excluding hydrogens is 324 g/mol. The van der Waals surface area contributed by atoms with Gasteiger partial charge in [-0.05, 0) is 31.4 Å². The summed E-state index contributed by atoms with van der Waals surface area (Å²) in [5.74, 6) is 2.71. The van der Waals surface area contributed by atoms with E-state index in [1.807, 2.05) is 40.7 Å². The second kappa shape index (κ2) is 7.25. The van der Waals surface area contributed by atoms with Crippen molar-refractivity contribution >= 4 is 17.7 Å². The van der Waals surface area contributed by atoms with Crippen LogP contribution in [-0.4, -0.2) is 51.5 Å². The molecule has 1 aliphatic heterocycles. The van der Waals surface area contributed by atoms with Gasteiger partial charge in [0.25, 0.3) is 0 Å². The topological polar surface area (TPSA) is 60.2 Å². The third kappa shape index (κ3) is 3.56. The molecule has 1 atom stereocenters. The van der Waals surface area contributed by atoms with Crippen LogP contribution in [0.15, 0.2) is 29.4 Å². The van der Waals surface area contributed by atoms with Crippen molar-refractivity contribution in [2.75, 3.05) is 26.0 Å². The van der Waals surface area contributed by atoms with Crippen molar-refractivity contribution in [1.29, 1.82) is 0 Å². The Hall–Kier alpha value is -2.02. The molecule has 0 radical (unpaired) electrons. The zero-order chi connectivity index (χ0) is 17.1. The van der Waals surface area contributed by atoms with Crippen LogP contribution in [0.3, 0.4) is 0 Å². The van der Waals surface area contributed by atoms with Gasteiger partial charge in [-0.1, -0.05) is 24.8 Å². The number of benzene rings is 1. The van der Waals surface area contributed by atoms with E-state index >= 15 is 0 Å². The molecule has 2 aromatic rings. The molecule has 7 heteroatoms. The predicted octanol–water partition coefficient (Wildman–Crippen LogP) is 2.54. The van der Waals surface area contributed by atoms with Crippen LogP contribution in [0.5, 0.6) is 5.75 Å². The Kier molecular flexibility index (Phi) is 5.08. The number of methoxy groups -OCH3 is 1. The molecule has 0 spiro atoms. The molecule has 1 unspecified atom stereocenters. The number of hydrogen-bond donors (Lipinski definition) is 0. The van der Waals surface area contributed by atoms with Gasteiger partial charge in [0.2, 0.25) is 5.91 Å². The summed E-state index contributed by atoms with van der Waals surface area (Å²) < 4.78 is 7.24. The summed E-state index contributed by atoms with van der Waals surface area (Å²) in [6.45, 7) is 5.81. The van der Waals surface area contributed by atoms with Gasteiger partial charge in [0.1, 0.15) is 11.6 Å². The smallest absolute Gasteiger partial charge is 0.233 e. The summed E-state index contributed by atoms with van der Waals surface area (Å²) in [7, 11) is 1.64. The summed E-state index contributed by atoms with van der Waals surface area (Å²) in [5.41, 5.74) is 0.932. The van der Waals surface area contributed by atoms with E-state index in [1.54, 1.807) is 7.11 Å². The second-order valence-corrected chi connectivity index (χ2v) is 7.03. The van der Waals surface area contributed by atoms with Crippen LogP contribution in [0.1, 0.15) is 19.2 Å². The SMILES string of the molecule is COc1cccc(-n2c(C)nnc2SCC(=O)N2CCC(C)C2)c1. The van der Waals surface area contributed by atoms with Crippen molar-refractivity contribution < 1.29 is 9.53 Å². The monoisotopic (exact) mass is 346 g/mol. The van der Waals surface area contributed by atoms with Crippen LogP contribution in [0, 0.1) is 12.8 Å². The minimum absolute atomic E-state index is 0.169. The van der Waals surface area contributed by atoms with Crippen molar-refractivity contribution in [2.24, 2.45) is 5.92 Å². The van der Waals surface area contributed by atoms with Crippen molar-refractivity contribution in [3.05, 3.63) is 30.1 Å². The molecule has 0 bridgehead atoms. The predicted molar refractivity (Wildman–Crippen MR) is 93.7 cm³/mol. The molecule has 128 valence electrons. The average Bonchev–Trinajstić information content (AvgIpc) is 3.18. The lowest BCUT2D eigenvalue weighted by Gasteiger charge is -2.15. The number of aryl methyl sites for hydroxylation is 1. The molecule has 1 aliphatic rings. The number of carbonyl (C=O) groups is 1. The number of thioether (sulfide) groups is 1. The van der Waals surface area contributed by atoms with Crippen LogP contribution in [0.2, 0.25) is 0 Å². The number of hydrogen-bond acceptors (Lipinski definition) is 5. The third-order valence-electron chi connectivity index (χ3n) is 4.21. The highest BCUT2D eigenvalue weighted by molar-refractivity contribution is 7.99. The van der Waals surface area contributed by atoms with E-state index in [2.05, 4.69) is 17.1 Å². The molecule has 1 saturated heterocycles. The number of ether oxygens (including phenoxy) is 1. The number of rotatable bonds is 5. The third-order valence-corrected chi connectivity index (χ3v) is 5.12. The molecule has 1 aromatic carbocycles. The maximum atomic E-state index is 12.3. The van der Waals surface area contributed by atoms with Gasteiger partial charge >= 0.3 is 0 Å². The maximum Gasteiger partial charge on any atom is 0.233 e. The van der Waals surface area contributed by atoms with Gasteiger partial charge in [0.05, 0.1) is 18.6 Å². The van der Waals surface area contributed by atoms with Gasteiger partial charge in [-0.3, -0.25) is 9.36 Å². The van der Waals surface area contributed by atoms with E-state index in [4.69, 9.17) is 4.74 Å². The molecule has 1 aromatic heterocycles. The Morgan fingerprint density at radius 3 is 2.96 bits per heavy atom.